The second kappa shape index (κ2) is 7.94. The summed E-state index contributed by atoms with van der Waals surface area (Å²) in [4.78, 5) is 23.7. The van der Waals surface area contributed by atoms with Gasteiger partial charge in [-0.2, -0.15) is 5.10 Å². The third kappa shape index (κ3) is 3.94. The van der Waals surface area contributed by atoms with Crippen molar-refractivity contribution in [3.63, 3.8) is 0 Å². The van der Waals surface area contributed by atoms with E-state index in [0.29, 0.717) is 25.6 Å². The normalized spacial score (nSPS) is 15.4. The number of anilines is 1. The molecule has 0 aliphatic carbocycles. The Bertz CT molecular complexity index is 1050. The van der Waals surface area contributed by atoms with Crippen molar-refractivity contribution >= 4 is 28.5 Å². The molecule has 1 amide bonds. The quantitative estimate of drug-likeness (QED) is 0.517. The van der Waals surface area contributed by atoms with Gasteiger partial charge >= 0.3 is 0 Å². The zero-order valence-electron chi connectivity index (χ0n) is 16.5. The van der Waals surface area contributed by atoms with Gasteiger partial charge in [-0.3, -0.25) is 14.5 Å². The molecule has 3 heterocycles. The van der Waals surface area contributed by atoms with E-state index in [0.717, 1.165) is 28.6 Å². The molecule has 1 saturated heterocycles. The maximum Gasteiger partial charge on any atom is 0.246 e. The summed E-state index contributed by atoms with van der Waals surface area (Å²) in [5.41, 5.74) is 2.72. The van der Waals surface area contributed by atoms with Gasteiger partial charge in [0, 0.05) is 57.0 Å². The summed E-state index contributed by atoms with van der Waals surface area (Å²) in [6, 6.07) is 4.76. The molecule has 1 fully saturated rings. The number of amides is 1. The van der Waals surface area contributed by atoms with E-state index in [1.54, 1.807) is 28.9 Å². The number of aryl methyl sites for hydroxylation is 1. The summed E-state index contributed by atoms with van der Waals surface area (Å²) in [6.45, 7) is 2.20. The Labute approximate surface area is 168 Å². The first-order chi connectivity index (χ1) is 14.0. The fraction of sp³-hybridized carbons (Fsp3) is 0.350. The lowest BCUT2D eigenvalue weighted by Crippen LogP contribution is -2.55. The van der Waals surface area contributed by atoms with E-state index in [1.165, 1.54) is 12.1 Å². The number of aliphatic imine (C=N–C) groups is 1. The molecule has 3 aromatic rings. The molecule has 0 saturated carbocycles. The highest BCUT2D eigenvalue weighted by molar-refractivity contribution is 5.98. The van der Waals surface area contributed by atoms with Crippen molar-refractivity contribution in [1.29, 1.82) is 0 Å². The Hall–Kier alpha value is -3.36. The zero-order valence-corrected chi connectivity index (χ0v) is 16.5. The van der Waals surface area contributed by atoms with Gasteiger partial charge in [-0.05, 0) is 30.2 Å². The zero-order chi connectivity index (χ0) is 20.4. The Morgan fingerprint density at radius 2 is 2.24 bits per heavy atom. The highest BCUT2D eigenvalue weighted by atomic mass is 19.1. The molecule has 29 heavy (non-hydrogen) atoms. The van der Waals surface area contributed by atoms with E-state index in [1.807, 2.05) is 24.3 Å². The predicted molar refractivity (Wildman–Crippen MR) is 110 cm³/mol. The average Bonchev–Trinajstić information content (AvgIpc) is 3.31. The van der Waals surface area contributed by atoms with Gasteiger partial charge in [-0.1, -0.05) is 0 Å². The van der Waals surface area contributed by atoms with Crippen molar-refractivity contribution < 1.29 is 9.18 Å². The first-order valence-corrected chi connectivity index (χ1v) is 9.55. The fourth-order valence-electron chi connectivity index (χ4n) is 3.68. The Morgan fingerprint density at radius 1 is 1.38 bits per heavy atom. The van der Waals surface area contributed by atoms with Gasteiger partial charge < -0.3 is 20.1 Å². The number of fused-ring (bicyclic) bond motifs is 1. The molecule has 4 rings (SSSR count). The van der Waals surface area contributed by atoms with Crippen LogP contribution in [0.3, 0.4) is 0 Å². The van der Waals surface area contributed by atoms with Crippen molar-refractivity contribution in [2.45, 2.75) is 6.42 Å². The van der Waals surface area contributed by atoms with Gasteiger partial charge in [-0.25, -0.2) is 4.39 Å². The third-order valence-electron chi connectivity index (χ3n) is 5.14. The number of piperazine rings is 1. The van der Waals surface area contributed by atoms with Crippen LogP contribution >= 0.6 is 0 Å². The number of nitrogens with zero attached hydrogens (tertiary/aromatic N) is 5. The largest absolute Gasteiger partial charge is 0.361 e. The molecule has 2 aromatic heterocycles. The maximum absolute atomic E-state index is 13.3. The number of hydrogen-bond acceptors (Lipinski definition) is 3. The number of benzene rings is 1. The number of rotatable bonds is 4. The number of carbonyl (C=O) groups excluding carboxylic acids is 1. The van der Waals surface area contributed by atoms with Crippen LogP contribution < -0.4 is 10.2 Å². The van der Waals surface area contributed by atoms with Gasteiger partial charge in [0.2, 0.25) is 5.91 Å². The monoisotopic (exact) mass is 397 g/mol. The number of halogens is 1. The molecule has 0 radical (unpaired) electrons. The van der Waals surface area contributed by atoms with Crippen LogP contribution in [-0.4, -0.2) is 64.8 Å². The molecule has 1 aliphatic rings. The van der Waals surface area contributed by atoms with Crippen LogP contribution in [0.15, 0.2) is 41.8 Å². The molecular weight excluding hydrogens is 373 g/mol. The second-order valence-electron chi connectivity index (χ2n) is 7.07. The van der Waals surface area contributed by atoms with Crippen LogP contribution in [0.4, 0.5) is 10.1 Å². The number of H-pyrrole nitrogens is 1. The highest BCUT2D eigenvalue weighted by Gasteiger charge is 2.27. The van der Waals surface area contributed by atoms with Crippen molar-refractivity contribution in [1.82, 2.24) is 25.0 Å². The van der Waals surface area contributed by atoms with Crippen LogP contribution in [0.25, 0.3) is 10.9 Å². The van der Waals surface area contributed by atoms with Crippen LogP contribution in [0, 0.1) is 5.82 Å². The molecule has 0 atom stereocenters. The van der Waals surface area contributed by atoms with Crippen LogP contribution in [0.1, 0.15) is 5.56 Å². The smallest absolute Gasteiger partial charge is 0.246 e. The van der Waals surface area contributed by atoms with Crippen LogP contribution in [0.2, 0.25) is 0 Å². The number of aromatic amines is 1. The summed E-state index contributed by atoms with van der Waals surface area (Å²) >= 11 is 0. The van der Waals surface area contributed by atoms with E-state index in [9.17, 15) is 9.18 Å². The van der Waals surface area contributed by atoms with Crippen LogP contribution in [-0.2, 0) is 18.3 Å². The average molecular weight is 397 g/mol. The summed E-state index contributed by atoms with van der Waals surface area (Å²) in [5, 5.41) is 8.49. The molecule has 8 nitrogen and oxygen atoms in total. The molecular formula is C20H24FN7O. The lowest BCUT2D eigenvalue weighted by molar-refractivity contribution is -0.120. The van der Waals surface area contributed by atoms with Crippen molar-refractivity contribution in [2.75, 3.05) is 38.1 Å². The van der Waals surface area contributed by atoms with Gasteiger partial charge in [0.25, 0.3) is 0 Å². The van der Waals surface area contributed by atoms with Gasteiger partial charge in [0.15, 0.2) is 5.96 Å². The molecule has 152 valence electrons. The molecule has 0 bridgehead atoms. The van der Waals surface area contributed by atoms with E-state index in [-0.39, 0.29) is 18.3 Å². The predicted octanol–water partition coefficient (Wildman–Crippen LogP) is 1.51. The Kier molecular flexibility index (Phi) is 5.20. The minimum atomic E-state index is -0.250. The standard InChI is InChI=1S/C20H24FN7O/c1-22-20(23-6-5-14-10-24-18-9-15(21)3-4-17(14)18)27-7-8-28(19(29)13-27)16-11-25-26(2)12-16/h3-4,9-12,24H,5-8,13H2,1-2H3,(H,22,23). The topological polar surface area (TPSA) is 81.6 Å². The molecule has 0 unspecified atom stereocenters. The molecule has 1 aromatic carbocycles. The molecule has 1 aliphatic heterocycles. The van der Waals surface area contributed by atoms with Crippen molar-refractivity contribution in [3.05, 3.63) is 48.2 Å². The van der Waals surface area contributed by atoms with Crippen LogP contribution in [0.5, 0.6) is 0 Å². The second-order valence-corrected chi connectivity index (χ2v) is 7.07. The molecule has 9 heteroatoms. The van der Waals surface area contributed by atoms with Gasteiger partial charge in [-0.15, -0.1) is 0 Å². The lowest BCUT2D eigenvalue weighted by Gasteiger charge is -2.35. The highest BCUT2D eigenvalue weighted by Crippen LogP contribution is 2.19. The number of hydrogen-bond donors (Lipinski definition) is 2. The minimum absolute atomic E-state index is 0.0193. The number of nitrogens with one attached hydrogen (secondary N) is 2. The SMILES string of the molecule is CN=C(NCCc1c[nH]c2cc(F)ccc12)N1CCN(c2cnn(C)c2)C(=O)C1. The van der Waals surface area contributed by atoms with Gasteiger partial charge in [0.1, 0.15) is 12.4 Å². The lowest BCUT2D eigenvalue weighted by atomic mass is 10.1. The van der Waals surface area contributed by atoms with E-state index in [4.69, 9.17) is 0 Å². The molecule has 2 N–H and O–H groups in total. The summed E-state index contributed by atoms with van der Waals surface area (Å²) in [5.74, 6) is 0.473. The Morgan fingerprint density at radius 3 is 2.97 bits per heavy atom. The fourth-order valence-corrected chi connectivity index (χ4v) is 3.68. The Balaban J connectivity index is 1.34. The van der Waals surface area contributed by atoms with E-state index >= 15 is 0 Å². The number of carbonyl (C=O) groups is 1. The van der Waals surface area contributed by atoms with E-state index < -0.39 is 0 Å². The van der Waals surface area contributed by atoms with Gasteiger partial charge in [0.05, 0.1) is 11.9 Å². The first-order valence-electron chi connectivity index (χ1n) is 9.55. The summed E-state index contributed by atoms with van der Waals surface area (Å²) in [6.07, 6.45) is 6.21. The van der Waals surface area contributed by atoms with E-state index in [2.05, 4.69) is 20.4 Å². The number of guanidine groups is 1. The maximum atomic E-state index is 13.3. The first kappa shape index (κ1) is 19.0. The third-order valence-corrected chi connectivity index (χ3v) is 5.14. The number of aromatic nitrogens is 3. The summed E-state index contributed by atoms with van der Waals surface area (Å²) < 4.78 is 15.0. The van der Waals surface area contributed by atoms with Crippen molar-refractivity contribution in [2.24, 2.45) is 12.0 Å². The van der Waals surface area contributed by atoms with Crippen molar-refractivity contribution in [3.8, 4) is 0 Å². The molecule has 0 spiro atoms. The summed E-state index contributed by atoms with van der Waals surface area (Å²) in [7, 11) is 3.55. The minimum Gasteiger partial charge on any atom is -0.361 e.